The number of carboxylic acids is 1. The maximum atomic E-state index is 11.6. The number of fused-ring (bicyclic) bond motifs is 1. The normalized spacial score (nSPS) is 12.6. The molecule has 0 fully saturated rings. The topological polar surface area (TPSA) is 82.8 Å². The minimum absolute atomic E-state index is 0.0260. The van der Waals surface area contributed by atoms with E-state index in [-0.39, 0.29) is 18.4 Å². The Bertz CT molecular complexity index is 792. The number of thiophene rings is 1. The molecule has 0 saturated carbocycles. The molecule has 0 aliphatic rings. The summed E-state index contributed by atoms with van der Waals surface area (Å²) in [6, 6.07) is 2.10. The molecule has 158 valence electrons. The fourth-order valence-electron chi connectivity index (χ4n) is 2.38. The van der Waals surface area contributed by atoms with Crippen LogP contribution in [0.15, 0.2) is 6.20 Å². The molecule has 1 N–H and O–H groups in total. The van der Waals surface area contributed by atoms with Crippen LogP contribution in [0.5, 0.6) is 5.75 Å². The first-order chi connectivity index (χ1) is 13.0. The predicted octanol–water partition coefficient (Wildman–Crippen LogP) is 4.80. The molecule has 0 aliphatic heterocycles. The molecule has 10 heteroatoms. The fourth-order valence-corrected chi connectivity index (χ4v) is 4.84. The lowest BCUT2D eigenvalue weighted by atomic mass is 10.4. The lowest BCUT2D eigenvalue weighted by molar-refractivity contribution is 0.0215. The highest BCUT2D eigenvalue weighted by Gasteiger charge is 2.23. The van der Waals surface area contributed by atoms with Gasteiger partial charge in [-0.15, -0.1) is 11.3 Å². The molecular formula is C18H32N2O5SSi2. The molecule has 0 spiro atoms. The first-order valence-corrected chi connectivity index (χ1v) is 17.7. The van der Waals surface area contributed by atoms with E-state index in [2.05, 4.69) is 44.4 Å². The van der Waals surface area contributed by atoms with Crippen LogP contribution in [-0.2, 0) is 16.2 Å². The summed E-state index contributed by atoms with van der Waals surface area (Å²) in [5.74, 6) is -0.698. The quantitative estimate of drug-likeness (QED) is 0.288. The van der Waals surface area contributed by atoms with Gasteiger partial charge < -0.3 is 19.3 Å². The van der Waals surface area contributed by atoms with E-state index < -0.39 is 22.1 Å². The van der Waals surface area contributed by atoms with E-state index in [1.807, 2.05) is 0 Å². The van der Waals surface area contributed by atoms with Crippen LogP contribution in [0.25, 0.3) is 10.2 Å². The second-order valence-electron chi connectivity index (χ2n) is 9.25. The molecule has 0 radical (unpaired) electrons. The van der Waals surface area contributed by atoms with E-state index >= 15 is 0 Å². The Hall–Kier alpha value is -1.21. The van der Waals surface area contributed by atoms with Gasteiger partial charge in [0.15, 0.2) is 17.4 Å². The molecule has 2 rings (SSSR count). The average molecular weight is 445 g/mol. The molecule has 28 heavy (non-hydrogen) atoms. The minimum Gasteiger partial charge on any atom is -0.477 e. The van der Waals surface area contributed by atoms with E-state index in [0.29, 0.717) is 24.5 Å². The Morgan fingerprint density at radius 2 is 1.71 bits per heavy atom. The van der Waals surface area contributed by atoms with Gasteiger partial charge in [0.25, 0.3) is 0 Å². The number of rotatable bonds is 12. The zero-order chi connectivity index (χ0) is 20.9. The molecule has 0 saturated heterocycles. The van der Waals surface area contributed by atoms with E-state index in [1.54, 1.807) is 10.9 Å². The standard InChI is InChI=1S/C18H32N2O5SSi2/c1-27(2,3)9-7-23-12-20-15-14(11-19-20)26-17(18(21)22)16(15)25-13-24-8-10-28(4,5)6/h11H,7-10,12-13H2,1-6H3,(H,21,22). The van der Waals surface area contributed by atoms with Gasteiger partial charge in [0.1, 0.15) is 12.2 Å². The highest BCUT2D eigenvalue weighted by atomic mass is 32.1. The maximum Gasteiger partial charge on any atom is 0.349 e. The minimum atomic E-state index is -1.18. The molecule has 2 aromatic heterocycles. The lowest BCUT2D eigenvalue weighted by Crippen LogP contribution is -2.22. The summed E-state index contributed by atoms with van der Waals surface area (Å²) in [6.45, 7) is 15.3. The molecule has 2 heterocycles. The summed E-state index contributed by atoms with van der Waals surface area (Å²) in [5, 5.41) is 13.9. The fraction of sp³-hybridized carbons (Fsp3) is 0.667. The first kappa shape index (κ1) is 23.1. The molecule has 2 aromatic rings. The van der Waals surface area contributed by atoms with Gasteiger partial charge in [-0.05, 0) is 12.1 Å². The smallest absolute Gasteiger partial charge is 0.349 e. The van der Waals surface area contributed by atoms with Crippen molar-refractivity contribution in [1.29, 1.82) is 0 Å². The van der Waals surface area contributed by atoms with Crippen LogP contribution < -0.4 is 4.74 Å². The summed E-state index contributed by atoms with van der Waals surface area (Å²) >= 11 is 1.16. The summed E-state index contributed by atoms with van der Waals surface area (Å²) in [6.07, 6.45) is 1.66. The van der Waals surface area contributed by atoms with Crippen molar-refractivity contribution in [3.63, 3.8) is 0 Å². The third kappa shape index (κ3) is 7.00. The highest BCUT2D eigenvalue weighted by molar-refractivity contribution is 7.21. The van der Waals surface area contributed by atoms with Crippen LogP contribution in [-0.4, -0.2) is 57.0 Å². The molecule has 0 aliphatic carbocycles. The zero-order valence-corrected chi connectivity index (χ0v) is 20.5. The van der Waals surface area contributed by atoms with E-state index in [0.717, 1.165) is 28.1 Å². The zero-order valence-electron chi connectivity index (χ0n) is 17.7. The SMILES string of the molecule is C[Si](C)(C)CCOCOc1c(C(=O)O)sc2cnn(COCC[Si](C)(C)C)c12. The summed E-state index contributed by atoms with van der Waals surface area (Å²) in [5.41, 5.74) is 0.657. The number of ether oxygens (including phenoxy) is 3. The maximum absolute atomic E-state index is 11.6. The van der Waals surface area contributed by atoms with Crippen molar-refractivity contribution in [3.05, 3.63) is 11.1 Å². The van der Waals surface area contributed by atoms with Crippen LogP contribution in [0.1, 0.15) is 9.67 Å². The number of aromatic carboxylic acids is 1. The average Bonchev–Trinajstić information content (AvgIpc) is 3.09. The number of hydrogen-bond donors (Lipinski definition) is 1. The van der Waals surface area contributed by atoms with E-state index in [1.165, 1.54) is 0 Å². The van der Waals surface area contributed by atoms with E-state index in [4.69, 9.17) is 14.2 Å². The Morgan fingerprint density at radius 1 is 1.11 bits per heavy atom. The predicted molar refractivity (Wildman–Crippen MR) is 118 cm³/mol. The van der Waals surface area contributed by atoms with Crippen molar-refractivity contribution < 1.29 is 24.1 Å². The summed E-state index contributed by atoms with van der Waals surface area (Å²) in [4.78, 5) is 11.8. The Balaban J connectivity index is 2.06. The van der Waals surface area contributed by atoms with Crippen molar-refractivity contribution in [1.82, 2.24) is 9.78 Å². The van der Waals surface area contributed by atoms with Crippen molar-refractivity contribution in [2.75, 3.05) is 20.0 Å². The number of nitrogens with zero attached hydrogens (tertiary/aromatic N) is 2. The molecule has 0 unspecified atom stereocenters. The summed E-state index contributed by atoms with van der Waals surface area (Å²) < 4.78 is 19.5. The van der Waals surface area contributed by atoms with Gasteiger partial charge in [-0.2, -0.15) is 5.10 Å². The van der Waals surface area contributed by atoms with Gasteiger partial charge >= 0.3 is 5.97 Å². The number of hydrogen-bond acceptors (Lipinski definition) is 6. The molecule has 0 aromatic carbocycles. The van der Waals surface area contributed by atoms with Crippen LogP contribution >= 0.6 is 11.3 Å². The third-order valence-corrected chi connectivity index (χ3v) is 8.62. The third-order valence-electron chi connectivity index (χ3n) is 4.13. The molecule has 0 atom stereocenters. The van der Waals surface area contributed by atoms with Gasteiger partial charge in [0.2, 0.25) is 0 Å². The van der Waals surface area contributed by atoms with Crippen LogP contribution in [0.2, 0.25) is 51.4 Å². The second kappa shape index (κ2) is 9.53. The van der Waals surface area contributed by atoms with Crippen LogP contribution in [0, 0.1) is 0 Å². The largest absolute Gasteiger partial charge is 0.477 e. The molecular weight excluding hydrogens is 412 g/mol. The van der Waals surface area contributed by atoms with Crippen molar-refractivity contribution in [3.8, 4) is 5.75 Å². The van der Waals surface area contributed by atoms with Gasteiger partial charge in [-0.25, -0.2) is 9.48 Å². The lowest BCUT2D eigenvalue weighted by Gasteiger charge is -2.16. The Labute approximate surface area is 172 Å². The number of aromatic nitrogens is 2. The first-order valence-electron chi connectivity index (χ1n) is 9.48. The van der Waals surface area contributed by atoms with Gasteiger partial charge in [-0.1, -0.05) is 39.3 Å². The van der Waals surface area contributed by atoms with Crippen molar-refractivity contribution in [2.24, 2.45) is 0 Å². The monoisotopic (exact) mass is 444 g/mol. The highest BCUT2D eigenvalue weighted by Crippen LogP contribution is 2.38. The second-order valence-corrected chi connectivity index (χ2v) is 21.5. The van der Waals surface area contributed by atoms with E-state index in [9.17, 15) is 9.90 Å². The van der Waals surface area contributed by atoms with Gasteiger partial charge in [0, 0.05) is 29.4 Å². The van der Waals surface area contributed by atoms with Crippen molar-refractivity contribution >= 4 is 43.7 Å². The van der Waals surface area contributed by atoms with Gasteiger partial charge in [-0.3, -0.25) is 0 Å². The number of carboxylic acid groups (broad SMARTS) is 1. The van der Waals surface area contributed by atoms with Crippen LogP contribution in [0.4, 0.5) is 0 Å². The molecule has 0 bridgehead atoms. The number of carbonyl (C=O) groups is 1. The molecule has 0 amide bonds. The van der Waals surface area contributed by atoms with Crippen molar-refractivity contribution in [2.45, 2.75) is 58.1 Å². The van der Waals surface area contributed by atoms with Gasteiger partial charge in [0.05, 0.1) is 10.9 Å². The molecule has 7 nitrogen and oxygen atoms in total. The Morgan fingerprint density at radius 3 is 2.29 bits per heavy atom. The van der Waals surface area contributed by atoms with Crippen LogP contribution in [0.3, 0.4) is 0 Å². The summed E-state index contributed by atoms with van der Waals surface area (Å²) in [7, 11) is -2.34. The Kier molecular flexibility index (Phi) is 7.85.